The van der Waals surface area contributed by atoms with Gasteiger partial charge in [-0.25, -0.2) is 0 Å². The van der Waals surface area contributed by atoms with Gasteiger partial charge in [-0.2, -0.15) is 13.2 Å². The molecule has 2 heterocycles. The summed E-state index contributed by atoms with van der Waals surface area (Å²) in [6, 6.07) is 7.15. The highest BCUT2D eigenvalue weighted by Crippen LogP contribution is 2.29. The largest absolute Gasteiger partial charge is 0.416 e. The van der Waals surface area contributed by atoms with E-state index in [4.69, 9.17) is 0 Å². The maximum atomic E-state index is 12.5. The standard InChI is InChI=1S/C18H14F3N3O3/c19-18(20,21)11-5-7-12(8-6-11)23-14(25)4-2-10-24-16(26)13-3-1-9-22-15(13)17(24)27/h1,3,5-9H,2,4,10H2,(H,23,25). The van der Waals surface area contributed by atoms with Crippen LogP contribution in [0.4, 0.5) is 18.9 Å². The van der Waals surface area contributed by atoms with Crippen molar-refractivity contribution in [1.82, 2.24) is 9.88 Å². The molecule has 0 unspecified atom stereocenters. The second-order valence-corrected chi connectivity index (χ2v) is 5.89. The molecule has 1 aromatic heterocycles. The number of nitrogens with zero attached hydrogens (tertiary/aromatic N) is 2. The van der Waals surface area contributed by atoms with Crippen LogP contribution in [0.5, 0.6) is 0 Å². The van der Waals surface area contributed by atoms with Gasteiger partial charge in [-0.1, -0.05) is 0 Å². The fourth-order valence-corrected chi connectivity index (χ4v) is 2.68. The molecule has 0 bridgehead atoms. The number of hydrogen-bond acceptors (Lipinski definition) is 4. The Labute approximate surface area is 152 Å². The maximum absolute atomic E-state index is 12.5. The van der Waals surface area contributed by atoms with E-state index in [2.05, 4.69) is 10.3 Å². The minimum Gasteiger partial charge on any atom is -0.326 e. The molecule has 0 aliphatic carbocycles. The predicted molar refractivity (Wildman–Crippen MR) is 88.9 cm³/mol. The summed E-state index contributed by atoms with van der Waals surface area (Å²) in [5.74, 6) is -1.38. The first kappa shape index (κ1) is 18.6. The van der Waals surface area contributed by atoms with Crippen LogP contribution in [-0.4, -0.2) is 34.2 Å². The summed E-state index contributed by atoms with van der Waals surface area (Å²) in [6.07, 6.45) is -2.80. The third kappa shape index (κ3) is 3.97. The van der Waals surface area contributed by atoms with Gasteiger partial charge in [0, 0.05) is 24.8 Å². The Hall–Kier alpha value is -3.23. The minimum absolute atomic E-state index is 0.00184. The van der Waals surface area contributed by atoms with E-state index >= 15 is 0 Å². The lowest BCUT2D eigenvalue weighted by molar-refractivity contribution is -0.137. The number of rotatable bonds is 5. The van der Waals surface area contributed by atoms with E-state index in [0.29, 0.717) is 0 Å². The third-order valence-corrected chi connectivity index (χ3v) is 4.01. The summed E-state index contributed by atoms with van der Waals surface area (Å²) in [4.78, 5) is 41.1. The van der Waals surface area contributed by atoms with E-state index in [-0.39, 0.29) is 36.3 Å². The molecule has 9 heteroatoms. The lowest BCUT2D eigenvalue weighted by atomic mass is 10.2. The van der Waals surface area contributed by atoms with Crippen molar-refractivity contribution in [2.24, 2.45) is 0 Å². The molecular weight excluding hydrogens is 363 g/mol. The van der Waals surface area contributed by atoms with Crippen LogP contribution in [0, 0.1) is 0 Å². The number of pyridine rings is 1. The predicted octanol–water partition coefficient (Wildman–Crippen LogP) is 3.12. The molecule has 27 heavy (non-hydrogen) atoms. The fraction of sp³-hybridized carbons (Fsp3) is 0.222. The van der Waals surface area contributed by atoms with Gasteiger partial charge in [-0.3, -0.25) is 24.3 Å². The molecule has 140 valence electrons. The zero-order valence-electron chi connectivity index (χ0n) is 13.9. The Balaban J connectivity index is 1.51. The minimum atomic E-state index is -4.44. The lowest BCUT2D eigenvalue weighted by Gasteiger charge is -2.13. The van der Waals surface area contributed by atoms with Crippen molar-refractivity contribution in [3.05, 3.63) is 59.4 Å². The zero-order chi connectivity index (χ0) is 19.6. The smallest absolute Gasteiger partial charge is 0.326 e. The highest BCUT2D eigenvalue weighted by molar-refractivity contribution is 6.20. The van der Waals surface area contributed by atoms with Gasteiger partial charge in [0.15, 0.2) is 0 Å². The average Bonchev–Trinajstić information content (AvgIpc) is 2.87. The second-order valence-electron chi connectivity index (χ2n) is 5.89. The third-order valence-electron chi connectivity index (χ3n) is 4.01. The van der Waals surface area contributed by atoms with Crippen molar-refractivity contribution in [3.63, 3.8) is 0 Å². The van der Waals surface area contributed by atoms with Crippen LogP contribution in [0.3, 0.4) is 0 Å². The molecule has 1 aromatic carbocycles. The van der Waals surface area contributed by atoms with Crippen molar-refractivity contribution in [2.75, 3.05) is 11.9 Å². The number of anilines is 1. The summed E-state index contributed by atoms with van der Waals surface area (Å²) in [5, 5.41) is 2.48. The van der Waals surface area contributed by atoms with Crippen LogP contribution in [-0.2, 0) is 11.0 Å². The van der Waals surface area contributed by atoms with Gasteiger partial charge in [-0.05, 0) is 42.8 Å². The van der Waals surface area contributed by atoms with E-state index in [1.807, 2.05) is 0 Å². The highest BCUT2D eigenvalue weighted by atomic mass is 19.4. The van der Waals surface area contributed by atoms with Crippen molar-refractivity contribution < 1.29 is 27.6 Å². The molecular formula is C18H14F3N3O3. The summed E-state index contributed by atoms with van der Waals surface area (Å²) in [6.45, 7) is 0.0501. The monoisotopic (exact) mass is 377 g/mol. The number of fused-ring (bicyclic) bond motifs is 1. The number of hydrogen-bond donors (Lipinski definition) is 1. The fourth-order valence-electron chi connectivity index (χ4n) is 2.68. The van der Waals surface area contributed by atoms with Crippen LogP contribution >= 0.6 is 0 Å². The molecule has 0 saturated carbocycles. The first-order chi connectivity index (χ1) is 12.8. The average molecular weight is 377 g/mol. The zero-order valence-corrected chi connectivity index (χ0v) is 13.9. The molecule has 0 atom stereocenters. The Morgan fingerprint density at radius 3 is 2.41 bits per heavy atom. The van der Waals surface area contributed by atoms with E-state index in [9.17, 15) is 27.6 Å². The molecule has 1 aliphatic heterocycles. The second kappa shape index (κ2) is 7.18. The van der Waals surface area contributed by atoms with Gasteiger partial charge in [0.2, 0.25) is 5.91 Å². The first-order valence-electron chi connectivity index (χ1n) is 8.05. The van der Waals surface area contributed by atoms with E-state index < -0.39 is 29.5 Å². The molecule has 0 radical (unpaired) electrons. The molecule has 0 fully saturated rings. The summed E-state index contributed by atoms with van der Waals surface area (Å²) in [5.41, 5.74) is -0.244. The number of aromatic nitrogens is 1. The Morgan fingerprint density at radius 2 is 1.78 bits per heavy atom. The molecule has 3 amide bonds. The van der Waals surface area contributed by atoms with Gasteiger partial charge in [0.05, 0.1) is 11.1 Å². The van der Waals surface area contributed by atoms with Crippen molar-refractivity contribution >= 4 is 23.4 Å². The Bertz CT molecular complexity index is 860. The van der Waals surface area contributed by atoms with Crippen LogP contribution in [0.2, 0.25) is 0 Å². The van der Waals surface area contributed by atoms with Crippen LogP contribution in [0.15, 0.2) is 42.6 Å². The molecule has 0 spiro atoms. The van der Waals surface area contributed by atoms with Gasteiger partial charge in [-0.15, -0.1) is 0 Å². The van der Waals surface area contributed by atoms with Crippen LogP contribution in [0.1, 0.15) is 39.3 Å². The Morgan fingerprint density at radius 1 is 1.07 bits per heavy atom. The number of amides is 3. The van der Waals surface area contributed by atoms with Gasteiger partial charge >= 0.3 is 6.18 Å². The van der Waals surface area contributed by atoms with Crippen molar-refractivity contribution in [2.45, 2.75) is 19.0 Å². The molecule has 2 aromatic rings. The van der Waals surface area contributed by atoms with E-state index in [1.54, 1.807) is 6.07 Å². The van der Waals surface area contributed by atoms with Crippen molar-refractivity contribution in [3.8, 4) is 0 Å². The highest BCUT2D eigenvalue weighted by Gasteiger charge is 2.36. The molecule has 1 N–H and O–H groups in total. The van der Waals surface area contributed by atoms with Crippen molar-refractivity contribution in [1.29, 1.82) is 0 Å². The van der Waals surface area contributed by atoms with Crippen LogP contribution in [0.25, 0.3) is 0 Å². The number of nitrogens with one attached hydrogen (secondary N) is 1. The topological polar surface area (TPSA) is 79.4 Å². The quantitative estimate of drug-likeness (QED) is 0.812. The van der Waals surface area contributed by atoms with Gasteiger partial charge in [0.1, 0.15) is 5.69 Å². The number of carbonyl (C=O) groups excluding carboxylic acids is 3. The Kier molecular flexibility index (Phi) is 4.93. The number of imide groups is 1. The van der Waals surface area contributed by atoms with E-state index in [1.165, 1.54) is 12.3 Å². The SMILES string of the molecule is O=C(CCCN1C(=O)c2cccnc2C1=O)Nc1ccc(C(F)(F)F)cc1. The summed E-state index contributed by atoms with van der Waals surface area (Å²) < 4.78 is 37.5. The van der Waals surface area contributed by atoms with Gasteiger partial charge in [0.25, 0.3) is 11.8 Å². The van der Waals surface area contributed by atoms with Crippen LogP contribution < -0.4 is 5.32 Å². The lowest BCUT2D eigenvalue weighted by Crippen LogP contribution is -2.31. The van der Waals surface area contributed by atoms with E-state index in [0.717, 1.165) is 29.2 Å². The molecule has 3 rings (SSSR count). The molecule has 6 nitrogen and oxygen atoms in total. The number of halogens is 3. The first-order valence-corrected chi connectivity index (χ1v) is 8.05. The summed E-state index contributed by atoms with van der Waals surface area (Å²) >= 11 is 0. The summed E-state index contributed by atoms with van der Waals surface area (Å²) in [7, 11) is 0. The molecule has 0 saturated heterocycles. The maximum Gasteiger partial charge on any atom is 0.416 e. The number of alkyl halides is 3. The molecule has 1 aliphatic rings. The van der Waals surface area contributed by atoms with Gasteiger partial charge < -0.3 is 5.32 Å². The normalized spacial score (nSPS) is 13.7. The number of carbonyl (C=O) groups is 3. The number of benzene rings is 1.